The maximum atomic E-state index is 16.8. The number of rotatable bonds is 22. The Morgan fingerprint density at radius 1 is 0.516 bits per heavy atom. The lowest BCUT2D eigenvalue weighted by atomic mass is 9.89. The van der Waals surface area contributed by atoms with Gasteiger partial charge in [-0.05, 0) is 147 Å². The van der Waals surface area contributed by atoms with E-state index in [4.69, 9.17) is 44.8 Å². The van der Waals surface area contributed by atoms with Gasteiger partial charge in [-0.3, -0.25) is 38.4 Å². The van der Waals surface area contributed by atoms with Crippen LogP contribution in [0.25, 0.3) is 11.1 Å². The molecule has 0 aliphatic carbocycles. The number of carbonyl (C=O) groups excluding carboxylic acids is 8. The Kier molecular flexibility index (Phi) is 29.0. The third-order valence-electron chi connectivity index (χ3n) is 22.4. The normalized spacial score (nSPS) is 25.7. The number of benzene rings is 7. The molecule has 0 saturated carbocycles. The third kappa shape index (κ3) is 20.6. The number of amides is 8. The summed E-state index contributed by atoms with van der Waals surface area (Å²) in [6.45, 7) is 0.736. The first-order valence-electron chi connectivity index (χ1n) is 40.9. The second-order valence-electron chi connectivity index (χ2n) is 31.6. The van der Waals surface area contributed by atoms with Crippen LogP contribution in [0.15, 0.2) is 121 Å². The van der Waals surface area contributed by atoms with Gasteiger partial charge in [0, 0.05) is 54.6 Å². The Hall–Kier alpha value is -11.6. The van der Waals surface area contributed by atoms with Gasteiger partial charge in [0.1, 0.15) is 131 Å². The Morgan fingerprint density at radius 2 is 1.06 bits per heavy atom. The van der Waals surface area contributed by atoms with E-state index in [0.29, 0.717) is 31.4 Å². The van der Waals surface area contributed by atoms with Gasteiger partial charge in [-0.2, -0.15) is 0 Å². The molecule has 37 heteroatoms. The Morgan fingerprint density at radius 3 is 1.69 bits per heavy atom. The predicted molar refractivity (Wildman–Crippen MR) is 441 cm³/mol. The highest BCUT2D eigenvalue weighted by molar-refractivity contribution is 6.33. The van der Waals surface area contributed by atoms with E-state index in [0.717, 1.165) is 74.9 Å². The minimum absolute atomic E-state index is 0.0127. The standard InChI is InChI=1S/C87H101ClN10O26/c1-5-6-7-8-9-10-11-12-14-64(105)93-72-75(108)73(106)62(39-99)122-86(72)124-78-60-33-45-34-61(78)119-48-23-17-42(18-24-48)30-54-79(111)96-70(81(113)90-27-13-28-98(3)4)51-35-46(101)36-59(121-87-77(110)76(109)74(107)63(40-100)123-87)65(51)50-31-43(19-25-55(50)102)68(83(115)92-54)94-84(116)69(45)95-85(117)71-52-37-49(38-57(104)66(52)88)120-58-32-44(20-26-56(58)103)67(89-2)82(114)91-53(80(112)97-71)29-41-15-21-47(118-60)22-16-41/h15-26,31-38,53-54,62-63,67-77,86-87,89,99-104,106-110H,5-14,27-30,39-40H2,1-4H3,(H,90,113)(H,91,114)(H,92,115)(H,93,105)(H,94,116)(H,95,117)(H,96,111)(H,97,112)/t53-,54+,62-,63-,67+,68-,69-,70+,71+,72-,73-,74-,75-,76+,77+,86+,87+/m1/s1. The van der Waals surface area contributed by atoms with Crippen molar-refractivity contribution in [1.82, 2.24) is 52.8 Å². The lowest BCUT2D eigenvalue weighted by Crippen LogP contribution is -2.65. The van der Waals surface area contributed by atoms with Crippen LogP contribution < -0.4 is 71.5 Å². The number of aliphatic hydroxyl groups is 7. The molecule has 8 aliphatic rings. The maximum Gasteiger partial charge on any atom is 0.248 e. The molecule has 124 heavy (non-hydrogen) atoms. The smallest absolute Gasteiger partial charge is 0.248 e. The molecular weight excluding hydrogens is 1640 g/mol. The number of nitrogens with zero attached hydrogens (tertiary/aromatic N) is 1. The maximum absolute atomic E-state index is 16.8. The van der Waals surface area contributed by atoms with Gasteiger partial charge in [-0.1, -0.05) is 99.9 Å². The average molecular weight is 1740 g/mol. The molecule has 20 N–H and O–H groups in total. The Balaban J connectivity index is 1.03. The van der Waals surface area contributed by atoms with Gasteiger partial charge < -0.3 is 142 Å². The molecule has 17 atom stereocenters. The van der Waals surface area contributed by atoms with Gasteiger partial charge >= 0.3 is 0 Å². The summed E-state index contributed by atoms with van der Waals surface area (Å²) in [4.78, 5) is 127. The number of ether oxygens (including phenoxy) is 7. The lowest BCUT2D eigenvalue weighted by Gasteiger charge is -2.42. The molecule has 7 aromatic carbocycles. The molecule has 8 heterocycles. The SMILES string of the molecule is CCCCCCCCCCC(=O)N[C@H]1[C@H](Oc2c3cc4cc2Oc2ccc(cc2)C[C@H]2NC(=O)[C@@H](NC)c5ccc(O)c(c5)Oc5cc(O)c(Cl)c(c5)[C@H](NC2=O)C(=O)N[C@H]4C(=O)N[C@H]2C(=O)N[C@@H](Cc4ccc(cc4)O3)C(=O)N[C@H](C(=O)NCCCN(C)C)c3cc(O)cc(O[C@H]4O[C@H](CO)[C@@H](O)[C@H](O)[C@@H]4O)c3-c3cc2ccc3O)O[C@H](CO)[C@@H](O)[C@@H]1O. The average Bonchev–Trinajstić information content (AvgIpc) is 0.747. The van der Waals surface area contributed by atoms with E-state index in [1.54, 1.807) is 14.1 Å². The number of nitrogens with one attached hydrogen (secondary N) is 9. The van der Waals surface area contributed by atoms with Crippen molar-refractivity contribution in [2.45, 2.75) is 188 Å². The Labute approximate surface area is 716 Å². The van der Waals surface area contributed by atoms with Crippen LogP contribution in [0.5, 0.6) is 69.0 Å². The number of aromatic hydroxyl groups is 4. The zero-order valence-electron chi connectivity index (χ0n) is 68.0. The Bertz CT molecular complexity index is 5090. The second-order valence-corrected chi connectivity index (χ2v) is 32.0. The quantitative estimate of drug-likeness (QED) is 0.0430. The van der Waals surface area contributed by atoms with Gasteiger partial charge in [0.15, 0.2) is 23.0 Å². The van der Waals surface area contributed by atoms with Crippen molar-refractivity contribution in [3.05, 3.63) is 165 Å². The van der Waals surface area contributed by atoms with Crippen LogP contribution >= 0.6 is 11.6 Å². The number of hydrogen-bond donors (Lipinski definition) is 20. The van der Waals surface area contributed by atoms with Crippen molar-refractivity contribution in [3.8, 4) is 80.1 Å². The molecule has 8 amide bonds. The summed E-state index contributed by atoms with van der Waals surface area (Å²) in [5, 5.41) is 150. The fourth-order valence-corrected chi connectivity index (χ4v) is 15.9. The van der Waals surface area contributed by atoms with E-state index in [2.05, 4.69) is 54.8 Å². The zero-order valence-corrected chi connectivity index (χ0v) is 68.8. The highest BCUT2D eigenvalue weighted by atomic mass is 35.5. The minimum Gasteiger partial charge on any atom is -0.508 e. The first-order chi connectivity index (χ1) is 59.5. The minimum atomic E-state index is -2.31. The summed E-state index contributed by atoms with van der Waals surface area (Å²) in [7, 11) is 5.06. The van der Waals surface area contributed by atoms with Crippen molar-refractivity contribution in [3.63, 3.8) is 0 Å². The van der Waals surface area contributed by atoms with Gasteiger partial charge in [0.25, 0.3) is 0 Å². The van der Waals surface area contributed by atoms with Crippen molar-refractivity contribution in [1.29, 1.82) is 0 Å². The predicted octanol–water partition coefficient (Wildman–Crippen LogP) is 3.69. The molecule has 15 rings (SSSR count). The van der Waals surface area contributed by atoms with Crippen LogP contribution in [-0.2, 0) is 60.7 Å². The molecule has 0 unspecified atom stereocenters. The van der Waals surface area contributed by atoms with E-state index in [1.807, 2.05) is 4.90 Å². The van der Waals surface area contributed by atoms with Crippen molar-refractivity contribution in [2.24, 2.45) is 0 Å². The number of phenolic OH excluding ortho intramolecular Hbond substituents is 4. The van der Waals surface area contributed by atoms with Gasteiger partial charge in [-0.25, -0.2) is 0 Å². The zero-order chi connectivity index (χ0) is 88.5. The number of carbonyl (C=O) groups is 8. The molecule has 17 bridgehead atoms. The van der Waals surface area contributed by atoms with Crippen LogP contribution in [0.1, 0.15) is 140 Å². The van der Waals surface area contributed by atoms with Crippen LogP contribution in [0.2, 0.25) is 5.02 Å². The van der Waals surface area contributed by atoms with E-state index in [1.165, 1.54) is 92.0 Å². The van der Waals surface area contributed by atoms with Crippen LogP contribution in [-0.4, -0.2) is 229 Å². The number of fused-ring (bicyclic) bond motifs is 14. The number of aliphatic hydroxyl groups excluding tert-OH is 7. The number of likely N-dealkylation sites (N-methyl/N-ethyl adjacent to an activating group) is 1. The van der Waals surface area contributed by atoms with E-state index in [-0.39, 0.29) is 75.8 Å². The molecule has 36 nitrogen and oxygen atoms in total. The summed E-state index contributed by atoms with van der Waals surface area (Å²) >= 11 is 7.06. The molecule has 2 fully saturated rings. The number of halogens is 1. The van der Waals surface area contributed by atoms with E-state index in [9.17, 15) is 65.8 Å². The third-order valence-corrected chi connectivity index (χ3v) is 22.8. The summed E-state index contributed by atoms with van der Waals surface area (Å²) in [6, 6.07) is 10.8. The highest BCUT2D eigenvalue weighted by Crippen LogP contribution is 2.50. The largest absolute Gasteiger partial charge is 0.508 e. The number of phenols is 4. The first-order valence-corrected chi connectivity index (χ1v) is 41.3. The summed E-state index contributed by atoms with van der Waals surface area (Å²) in [5.74, 6) is -13.6. The molecule has 0 radical (unpaired) electrons. The van der Waals surface area contributed by atoms with Gasteiger partial charge in [-0.15, -0.1) is 0 Å². The van der Waals surface area contributed by atoms with Gasteiger partial charge in [0.05, 0.1) is 18.2 Å². The van der Waals surface area contributed by atoms with Crippen LogP contribution in [0.3, 0.4) is 0 Å². The fraction of sp³-hybridized carbons (Fsp3) is 0.425. The van der Waals surface area contributed by atoms with Gasteiger partial charge in [0.2, 0.25) is 65.6 Å². The first kappa shape index (κ1) is 90.1. The topological polar surface area (TPSA) is 535 Å². The summed E-state index contributed by atoms with van der Waals surface area (Å²) in [5.41, 5.74) is -1.36. The van der Waals surface area contributed by atoms with E-state index >= 15 is 28.8 Å². The molecule has 662 valence electrons. The summed E-state index contributed by atoms with van der Waals surface area (Å²) < 4.78 is 45.1. The molecular formula is C87H101ClN10O26. The molecule has 8 aliphatic heterocycles. The number of hydrogen-bond acceptors (Lipinski definition) is 28. The monoisotopic (exact) mass is 1740 g/mol. The lowest BCUT2D eigenvalue weighted by molar-refractivity contribution is -0.277. The fourth-order valence-electron chi connectivity index (χ4n) is 15.7. The number of unbranched alkanes of at least 4 members (excludes halogenated alkanes) is 7. The second kappa shape index (κ2) is 39.9. The van der Waals surface area contributed by atoms with E-state index < -0.39 is 233 Å². The summed E-state index contributed by atoms with van der Waals surface area (Å²) in [6.07, 6.45) is -10.2. The molecule has 0 aromatic heterocycles. The molecule has 0 spiro atoms. The van der Waals surface area contributed by atoms with Crippen LogP contribution in [0.4, 0.5) is 0 Å². The van der Waals surface area contributed by atoms with Crippen molar-refractivity contribution in [2.75, 3.05) is 47.4 Å². The molecule has 2 saturated heterocycles. The van der Waals surface area contributed by atoms with Crippen LogP contribution in [0, 0.1) is 0 Å². The highest BCUT2D eigenvalue weighted by Gasteiger charge is 2.49. The van der Waals surface area contributed by atoms with Crippen molar-refractivity contribution < 1.29 is 128 Å². The van der Waals surface area contributed by atoms with Crippen molar-refractivity contribution >= 4 is 58.9 Å². The molecule has 7 aromatic rings.